The maximum absolute atomic E-state index is 12.2. The molecule has 0 unspecified atom stereocenters. The Morgan fingerprint density at radius 2 is 1.96 bits per heavy atom. The number of esters is 1. The highest BCUT2D eigenvalue weighted by atomic mass is 16.6. The Morgan fingerprint density at radius 3 is 2.54 bits per heavy atom. The van der Waals surface area contributed by atoms with Crippen molar-refractivity contribution in [2.24, 2.45) is 0 Å². The van der Waals surface area contributed by atoms with Gasteiger partial charge in [-0.3, -0.25) is 4.79 Å². The van der Waals surface area contributed by atoms with Gasteiger partial charge in [0.15, 0.2) is 0 Å². The van der Waals surface area contributed by atoms with Crippen LogP contribution in [0.1, 0.15) is 40.5 Å². The summed E-state index contributed by atoms with van der Waals surface area (Å²) < 4.78 is 17.5. The van der Waals surface area contributed by atoms with E-state index in [1.807, 2.05) is 6.07 Å². The highest BCUT2D eigenvalue weighted by molar-refractivity contribution is 5.82. The predicted octanol–water partition coefficient (Wildman–Crippen LogP) is 2.49. The van der Waals surface area contributed by atoms with Gasteiger partial charge in [0.2, 0.25) is 0 Å². The molecule has 7 nitrogen and oxygen atoms in total. The molecular weight excluding hydrogens is 314 g/mol. The molecule has 0 spiro atoms. The van der Waals surface area contributed by atoms with Crippen LogP contribution in [0.25, 0.3) is 0 Å². The minimum absolute atomic E-state index is 0.0121. The molecule has 0 saturated heterocycles. The topological polar surface area (TPSA) is 102 Å². The van der Waals surface area contributed by atoms with Gasteiger partial charge in [0.25, 0.3) is 0 Å². The lowest BCUT2D eigenvalue weighted by molar-refractivity contribution is -0.148. The average Bonchev–Trinajstić information content (AvgIpc) is 2.56. The number of carboxylic acid groups (broad SMARTS) is 1. The molecule has 0 heterocycles. The molecule has 0 aliphatic carbocycles. The largest absolute Gasteiger partial charge is 0.481 e. The van der Waals surface area contributed by atoms with E-state index in [-0.39, 0.29) is 26.3 Å². The lowest BCUT2D eigenvalue weighted by atomic mass is 10.1. The number of rotatable bonds is 7. The van der Waals surface area contributed by atoms with Crippen molar-refractivity contribution >= 4 is 18.0 Å². The third kappa shape index (κ3) is 8.17. The molecule has 0 saturated carbocycles. The van der Waals surface area contributed by atoms with E-state index in [1.54, 1.807) is 38.1 Å². The summed E-state index contributed by atoms with van der Waals surface area (Å²) in [5.74, 6) is -1.84. The first-order valence-corrected chi connectivity index (χ1v) is 7.44. The molecule has 0 aliphatic rings. The number of aliphatic carboxylic acids is 1. The molecule has 0 fully saturated rings. The molecule has 132 valence electrons. The van der Waals surface area contributed by atoms with Gasteiger partial charge in [0, 0.05) is 7.79 Å². The second kappa shape index (κ2) is 8.90. The van der Waals surface area contributed by atoms with Gasteiger partial charge in [-0.15, -0.1) is 0 Å². The highest BCUT2D eigenvalue weighted by Crippen LogP contribution is 2.09. The van der Waals surface area contributed by atoms with E-state index in [0.717, 1.165) is 5.56 Å². The van der Waals surface area contributed by atoms with E-state index >= 15 is 0 Å². The molecule has 0 aromatic heterocycles. The van der Waals surface area contributed by atoms with Crippen LogP contribution in [0, 0.1) is 0 Å². The molecule has 1 amide bonds. The zero-order valence-electron chi connectivity index (χ0n) is 14.8. The molecule has 1 aromatic rings. The zero-order chi connectivity index (χ0) is 18.9. The van der Waals surface area contributed by atoms with Gasteiger partial charge in [0.05, 0.1) is 0 Å². The number of benzene rings is 1. The van der Waals surface area contributed by atoms with Crippen LogP contribution in [0.15, 0.2) is 30.3 Å². The summed E-state index contributed by atoms with van der Waals surface area (Å²) >= 11 is 0. The van der Waals surface area contributed by atoms with Crippen LogP contribution >= 0.6 is 0 Å². The van der Waals surface area contributed by atoms with E-state index in [4.69, 9.17) is 16.0 Å². The van der Waals surface area contributed by atoms with Crippen molar-refractivity contribution < 1.29 is 30.3 Å². The van der Waals surface area contributed by atoms with Crippen molar-refractivity contribution in [2.75, 3.05) is 0 Å². The molecule has 7 heteroatoms. The Kier molecular flexibility index (Phi) is 6.60. The van der Waals surface area contributed by atoms with Crippen LogP contribution < -0.4 is 5.32 Å². The number of hydrogen-bond donors (Lipinski definition) is 2. The third-order valence-electron chi connectivity index (χ3n) is 2.82. The monoisotopic (exact) mass is 338 g/mol. The molecule has 2 N–H and O–H groups in total. The van der Waals surface area contributed by atoms with Gasteiger partial charge in [-0.1, -0.05) is 30.3 Å². The van der Waals surface area contributed by atoms with Crippen molar-refractivity contribution in [3.63, 3.8) is 0 Å². The molecule has 1 rings (SSSR count). The van der Waals surface area contributed by atoms with E-state index < -0.39 is 29.7 Å². The third-order valence-corrected chi connectivity index (χ3v) is 2.82. The molecule has 1 aromatic carbocycles. The molecule has 0 aliphatic heterocycles. The fourth-order valence-corrected chi connectivity index (χ4v) is 1.77. The van der Waals surface area contributed by atoms with Crippen LogP contribution in [-0.2, 0) is 25.7 Å². The maximum Gasteiger partial charge on any atom is 0.408 e. The summed E-state index contributed by atoms with van der Waals surface area (Å²) in [6.07, 6.45) is -1.34. The highest BCUT2D eigenvalue weighted by Gasteiger charge is 2.26. The fraction of sp³-hybridized carbons (Fsp3) is 0.471. The molecule has 1 atom stereocenters. The van der Waals surface area contributed by atoms with Crippen molar-refractivity contribution in [3.8, 4) is 0 Å². The van der Waals surface area contributed by atoms with Gasteiger partial charge in [-0.2, -0.15) is 0 Å². The van der Waals surface area contributed by atoms with E-state index in [9.17, 15) is 14.4 Å². The normalized spacial score (nSPS) is 12.7. The predicted molar refractivity (Wildman–Crippen MR) is 86.3 cm³/mol. The fourth-order valence-electron chi connectivity index (χ4n) is 1.77. The number of amides is 1. The molecular formula is C17H23NO6. The summed E-state index contributed by atoms with van der Waals surface area (Å²) in [5, 5.41) is 11.1. The number of carbonyl (C=O) groups is 3. The van der Waals surface area contributed by atoms with E-state index in [0.29, 0.717) is 0 Å². The zero-order valence-corrected chi connectivity index (χ0v) is 13.8. The van der Waals surface area contributed by atoms with Crippen molar-refractivity contribution in [1.82, 2.24) is 5.32 Å². The minimum atomic E-state index is -1.14. The van der Waals surface area contributed by atoms with Gasteiger partial charge in [-0.05, 0) is 32.7 Å². The standard InChI is InChI=1S/C17H23NO6/c1-17(2,3)24-16(22)18-13(9-10-14(19)20)15(21)23-11-12-7-5-4-6-8-12/h4-8,13H,9-11H2,1-3H3,(H,18,22)(H,19,20)/t13-/m0/s1/i1D. The summed E-state index contributed by atoms with van der Waals surface area (Å²) in [5.41, 5.74) is -0.249. The lowest BCUT2D eigenvalue weighted by Crippen LogP contribution is -2.44. The van der Waals surface area contributed by atoms with E-state index in [1.165, 1.54) is 0 Å². The molecule has 0 radical (unpaired) electrons. The van der Waals surface area contributed by atoms with Gasteiger partial charge < -0.3 is 19.9 Å². The molecule has 0 bridgehead atoms. The first kappa shape index (κ1) is 17.8. The number of carboxylic acids is 1. The smallest absolute Gasteiger partial charge is 0.408 e. The number of ether oxygens (including phenoxy) is 2. The molecule has 24 heavy (non-hydrogen) atoms. The first-order valence-electron chi connectivity index (χ1n) is 8.15. The van der Waals surface area contributed by atoms with Gasteiger partial charge in [-0.25, -0.2) is 9.59 Å². The average molecular weight is 338 g/mol. The number of nitrogens with one attached hydrogen (secondary N) is 1. The Balaban J connectivity index is 2.65. The summed E-state index contributed by atoms with van der Waals surface area (Å²) in [6, 6.07) is 7.82. The first-order chi connectivity index (χ1) is 11.7. The second-order valence-corrected chi connectivity index (χ2v) is 5.87. The van der Waals surface area contributed by atoms with Crippen molar-refractivity contribution in [1.29, 1.82) is 0 Å². The Morgan fingerprint density at radius 1 is 1.29 bits per heavy atom. The van der Waals surface area contributed by atoms with Crippen LogP contribution in [-0.4, -0.2) is 34.8 Å². The second-order valence-electron chi connectivity index (χ2n) is 5.87. The lowest BCUT2D eigenvalue weighted by Gasteiger charge is -2.22. The van der Waals surface area contributed by atoms with Gasteiger partial charge in [0.1, 0.15) is 18.2 Å². The van der Waals surface area contributed by atoms with Crippen LogP contribution in [0.2, 0.25) is 0 Å². The number of carbonyl (C=O) groups excluding carboxylic acids is 2. The Hall–Kier alpha value is -2.57. The van der Waals surface area contributed by atoms with Crippen molar-refractivity contribution in [3.05, 3.63) is 35.9 Å². The Labute approximate surface area is 142 Å². The summed E-state index contributed by atoms with van der Waals surface area (Å²) in [7, 11) is 0. The summed E-state index contributed by atoms with van der Waals surface area (Å²) in [4.78, 5) is 34.8. The van der Waals surface area contributed by atoms with E-state index in [2.05, 4.69) is 5.32 Å². The van der Waals surface area contributed by atoms with Gasteiger partial charge >= 0.3 is 18.0 Å². The number of alkyl carbamates (subject to hydrolysis) is 1. The minimum Gasteiger partial charge on any atom is -0.481 e. The number of hydrogen-bond acceptors (Lipinski definition) is 5. The van der Waals surface area contributed by atoms with Crippen LogP contribution in [0.5, 0.6) is 0 Å². The SMILES string of the molecule is [2H]CC(C)(C)OC(=O)N[C@@H](CCC(=O)O)C(=O)OCc1ccccc1. The van der Waals surface area contributed by atoms with Crippen molar-refractivity contribution in [2.45, 2.75) is 51.8 Å². The Bertz CT molecular complexity index is 590. The van der Waals surface area contributed by atoms with Crippen LogP contribution in [0.3, 0.4) is 0 Å². The maximum atomic E-state index is 12.2. The van der Waals surface area contributed by atoms with Crippen LogP contribution in [0.4, 0.5) is 4.79 Å². The summed E-state index contributed by atoms with van der Waals surface area (Å²) in [6.45, 7) is 2.97. The quantitative estimate of drug-likeness (QED) is 0.741.